The SMILES string of the molecule is CCCCCCCc1nnc(SCC(=O)Nc2ccc(C)c(Cl)c2)n1CC. The Bertz CT molecular complexity index is 748. The lowest BCUT2D eigenvalue weighted by Gasteiger charge is -2.08. The number of thioether (sulfide) groups is 1. The number of hydrogen-bond donors (Lipinski definition) is 1. The first kappa shape index (κ1) is 21.8. The summed E-state index contributed by atoms with van der Waals surface area (Å²) in [4.78, 5) is 12.2. The minimum absolute atomic E-state index is 0.0771. The fraction of sp³-hybridized carbons (Fsp3) is 0.550. The van der Waals surface area contributed by atoms with E-state index < -0.39 is 0 Å². The van der Waals surface area contributed by atoms with Gasteiger partial charge in [0.05, 0.1) is 5.75 Å². The summed E-state index contributed by atoms with van der Waals surface area (Å²) >= 11 is 7.52. The highest BCUT2D eigenvalue weighted by atomic mass is 35.5. The zero-order chi connectivity index (χ0) is 19.6. The van der Waals surface area contributed by atoms with Gasteiger partial charge in [-0.15, -0.1) is 10.2 Å². The van der Waals surface area contributed by atoms with Crippen molar-refractivity contribution in [2.24, 2.45) is 0 Å². The van der Waals surface area contributed by atoms with Crippen molar-refractivity contribution in [2.75, 3.05) is 11.1 Å². The monoisotopic (exact) mass is 408 g/mol. The maximum atomic E-state index is 12.2. The number of carbonyl (C=O) groups is 1. The second-order valence-electron chi connectivity index (χ2n) is 6.61. The van der Waals surface area contributed by atoms with E-state index in [1.807, 2.05) is 19.1 Å². The van der Waals surface area contributed by atoms with Crippen LogP contribution in [0.25, 0.3) is 0 Å². The van der Waals surface area contributed by atoms with Crippen molar-refractivity contribution in [3.05, 3.63) is 34.6 Å². The van der Waals surface area contributed by atoms with Crippen LogP contribution in [0.2, 0.25) is 5.02 Å². The van der Waals surface area contributed by atoms with Gasteiger partial charge in [0, 0.05) is 23.7 Å². The van der Waals surface area contributed by atoms with E-state index >= 15 is 0 Å². The molecule has 0 unspecified atom stereocenters. The summed E-state index contributed by atoms with van der Waals surface area (Å²) in [5.41, 5.74) is 1.70. The normalized spacial score (nSPS) is 11.0. The van der Waals surface area contributed by atoms with E-state index in [0.717, 1.165) is 35.9 Å². The Morgan fingerprint density at radius 2 is 1.96 bits per heavy atom. The molecule has 0 atom stereocenters. The molecule has 0 aliphatic heterocycles. The summed E-state index contributed by atoms with van der Waals surface area (Å²) in [6, 6.07) is 5.52. The van der Waals surface area contributed by atoms with E-state index in [1.54, 1.807) is 6.07 Å². The quantitative estimate of drug-likeness (QED) is 0.393. The van der Waals surface area contributed by atoms with Gasteiger partial charge in [0.2, 0.25) is 5.91 Å². The molecule has 0 spiro atoms. The van der Waals surface area contributed by atoms with Gasteiger partial charge < -0.3 is 9.88 Å². The molecule has 2 aromatic rings. The molecule has 0 aliphatic carbocycles. The van der Waals surface area contributed by atoms with Gasteiger partial charge >= 0.3 is 0 Å². The van der Waals surface area contributed by atoms with Crippen LogP contribution >= 0.6 is 23.4 Å². The van der Waals surface area contributed by atoms with E-state index in [-0.39, 0.29) is 5.91 Å². The van der Waals surface area contributed by atoms with Crippen LogP contribution in [0.1, 0.15) is 57.3 Å². The minimum atomic E-state index is -0.0771. The van der Waals surface area contributed by atoms with Crippen LogP contribution in [0, 0.1) is 6.92 Å². The maximum Gasteiger partial charge on any atom is 0.234 e. The van der Waals surface area contributed by atoms with Crippen molar-refractivity contribution >= 4 is 35.0 Å². The van der Waals surface area contributed by atoms with Crippen molar-refractivity contribution in [3.8, 4) is 0 Å². The van der Waals surface area contributed by atoms with Crippen molar-refractivity contribution < 1.29 is 4.79 Å². The number of hydrogen-bond acceptors (Lipinski definition) is 4. The van der Waals surface area contributed by atoms with Gasteiger partial charge in [0.15, 0.2) is 5.16 Å². The molecule has 0 fully saturated rings. The largest absolute Gasteiger partial charge is 0.325 e. The predicted molar refractivity (Wildman–Crippen MR) is 114 cm³/mol. The van der Waals surface area contributed by atoms with Gasteiger partial charge in [0.1, 0.15) is 5.82 Å². The highest BCUT2D eigenvalue weighted by molar-refractivity contribution is 7.99. The molecule has 0 saturated heterocycles. The van der Waals surface area contributed by atoms with Crippen molar-refractivity contribution in [3.63, 3.8) is 0 Å². The van der Waals surface area contributed by atoms with Crippen LogP contribution in [0.4, 0.5) is 5.69 Å². The lowest BCUT2D eigenvalue weighted by Crippen LogP contribution is -2.14. The minimum Gasteiger partial charge on any atom is -0.325 e. The standard InChI is InChI=1S/C20H29ClN4OS/c1-4-6-7-8-9-10-18-23-24-20(25(18)5-2)27-14-19(26)22-16-12-11-15(3)17(21)13-16/h11-13H,4-10,14H2,1-3H3,(H,22,26). The number of rotatable bonds is 11. The van der Waals surface area contributed by atoms with Gasteiger partial charge in [-0.05, 0) is 38.0 Å². The first-order valence-electron chi connectivity index (χ1n) is 9.66. The molecule has 1 aromatic carbocycles. The Kier molecular flexibility index (Phi) is 9.15. The Morgan fingerprint density at radius 1 is 1.19 bits per heavy atom. The molecule has 1 aromatic heterocycles. The topological polar surface area (TPSA) is 59.8 Å². The van der Waals surface area contributed by atoms with Gasteiger partial charge in [-0.2, -0.15) is 0 Å². The fourth-order valence-corrected chi connectivity index (χ4v) is 3.81. The molecule has 1 heterocycles. The summed E-state index contributed by atoms with van der Waals surface area (Å²) in [5, 5.41) is 12.9. The van der Waals surface area contributed by atoms with Crippen LogP contribution in [0.15, 0.2) is 23.4 Å². The van der Waals surface area contributed by atoms with Crippen LogP contribution in [-0.2, 0) is 17.8 Å². The lowest BCUT2D eigenvalue weighted by molar-refractivity contribution is -0.113. The summed E-state index contributed by atoms with van der Waals surface area (Å²) in [6.45, 7) is 7.06. The molecule has 0 saturated carbocycles. The third kappa shape index (κ3) is 6.85. The highest BCUT2D eigenvalue weighted by Gasteiger charge is 2.13. The number of nitrogens with one attached hydrogen (secondary N) is 1. The predicted octanol–water partition coefficient (Wildman–Crippen LogP) is 5.50. The number of carbonyl (C=O) groups excluding carboxylic acids is 1. The zero-order valence-electron chi connectivity index (χ0n) is 16.4. The molecule has 148 valence electrons. The van der Waals surface area contributed by atoms with E-state index in [9.17, 15) is 4.79 Å². The number of aryl methyl sites for hydroxylation is 2. The molecule has 0 aliphatic rings. The number of anilines is 1. The average molecular weight is 409 g/mol. The second-order valence-corrected chi connectivity index (χ2v) is 7.96. The third-order valence-corrected chi connectivity index (χ3v) is 5.78. The summed E-state index contributed by atoms with van der Waals surface area (Å²) < 4.78 is 2.11. The molecule has 27 heavy (non-hydrogen) atoms. The molecule has 2 rings (SSSR count). The van der Waals surface area contributed by atoms with Crippen LogP contribution < -0.4 is 5.32 Å². The maximum absolute atomic E-state index is 12.2. The Hall–Kier alpha value is -1.53. The molecule has 5 nitrogen and oxygen atoms in total. The number of nitrogens with zero attached hydrogens (tertiary/aromatic N) is 3. The Morgan fingerprint density at radius 3 is 2.67 bits per heavy atom. The van der Waals surface area contributed by atoms with E-state index in [0.29, 0.717) is 16.5 Å². The zero-order valence-corrected chi connectivity index (χ0v) is 18.0. The van der Waals surface area contributed by atoms with E-state index in [2.05, 4.69) is 33.9 Å². The first-order valence-corrected chi connectivity index (χ1v) is 11.0. The van der Waals surface area contributed by atoms with E-state index in [1.165, 1.54) is 37.4 Å². The van der Waals surface area contributed by atoms with Gasteiger partial charge in [-0.1, -0.05) is 62.0 Å². The van der Waals surface area contributed by atoms with Gasteiger partial charge in [-0.3, -0.25) is 4.79 Å². The summed E-state index contributed by atoms with van der Waals surface area (Å²) in [6.07, 6.45) is 7.14. The van der Waals surface area contributed by atoms with Crippen LogP contribution in [-0.4, -0.2) is 26.4 Å². The smallest absolute Gasteiger partial charge is 0.234 e. The first-order chi connectivity index (χ1) is 13.0. The van der Waals surface area contributed by atoms with Crippen molar-refractivity contribution in [1.29, 1.82) is 0 Å². The molecule has 7 heteroatoms. The highest BCUT2D eigenvalue weighted by Crippen LogP contribution is 2.22. The third-order valence-electron chi connectivity index (χ3n) is 4.40. The molecule has 1 N–H and O–H groups in total. The van der Waals surface area contributed by atoms with Crippen LogP contribution in [0.5, 0.6) is 0 Å². The van der Waals surface area contributed by atoms with Crippen molar-refractivity contribution in [1.82, 2.24) is 14.8 Å². The lowest BCUT2D eigenvalue weighted by atomic mass is 10.1. The summed E-state index contributed by atoms with van der Waals surface area (Å²) in [5.74, 6) is 1.23. The van der Waals surface area contributed by atoms with Crippen LogP contribution in [0.3, 0.4) is 0 Å². The molecule has 0 radical (unpaired) electrons. The summed E-state index contributed by atoms with van der Waals surface area (Å²) in [7, 11) is 0. The Balaban J connectivity index is 1.85. The number of amides is 1. The van der Waals surface area contributed by atoms with Gasteiger partial charge in [-0.25, -0.2) is 0 Å². The van der Waals surface area contributed by atoms with E-state index in [4.69, 9.17) is 11.6 Å². The number of halogens is 1. The van der Waals surface area contributed by atoms with Crippen molar-refractivity contribution in [2.45, 2.75) is 71.0 Å². The molecular weight excluding hydrogens is 380 g/mol. The number of unbranched alkanes of at least 4 members (excludes halogenated alkanes) is 4. The van der Waals surface area contributed by atoms with Gasteiger partial charge in [0.25, 0.3) is 0 Å². The fourth-order valence-electron chi connectivity index (χ4n) is 2.81. The number of benzene rings is 1. The number of aromatic nitrogens is 3. The molecule has 0 bridgehead atoms. The average Bonchev–Trinajstić information content (AvgIpc) is 3.04. The molecule has 1 amide bonds. The second kappa shape index (κ2) is 11.3. The Labute approximate surface area is 171 Å². The molecular formula is C20H29ClN4OS.